The van der Waals surface area contributed by atoms with Crippen molar-refractivity contribution in [1.82, 2.24) is 14.1 Å². The molecule has 1 aliphatic rings. The average molecular weight is 481 g/mol. The second-order valence-corrected chi connectivity index (χ2v) is 11.2. The minimum atomic E-state index is -3.68. The summed E-state index contributed by atoms with van der Waals surface area (Å²) in [7, 11) is -3.68. The predicted molar refractivity (Wildman–Crippen MR) is 134 cm³/mol. The summed E-state index contributed by atoms with van der Waals surface area (Å²) < 4.78 is 30.2. The molecule has 0 bridgehead atoms. The molecule has 0 radical (unpaired) electrons. The Kier molecular flexibility index (Phi) is 6.64. The lowest BCUT2D eigenvalue weighted by molar-refractivity contribution is 0.102. The first-order valence-corrected chi connectivity index (χ1v) is 13.1. The first kappa shape index (κ1) is 24.2. The van der Waals surface area contributed by atoms with E-state index in [0.29, 0.717) is 41.5 Å². The number of sulfonamides is 1. The molecule has 7 nitrogen and oxygen atoms in total. The van der Waals surface area contributed by atoms with Gasteiger partial charge in [0.2, 0.25) is 10.0 Å². The van der Waals surface area contributed by atoms with Gasteiger partial charge in [-0.2, -0.15) is 9.40 Å². The van der Waals surface area contributed by atoms with E-state index in [1.165, 1.54) is 6.07 Å². The van der Waals surface area contributed by atoms with Crippen molar-refractivity contribution in [2.75, 3.05) is 18.4 Å². The van der Waals surface area contributed by atoms with Crippen molar-refractivity contribution in [3.8, 4) is 5.69 Å². The fourth-order valence-electron chi connectivity index (χ4n) is 4.42. The molecule has 0 aliphatic carbocycles. The van der Waals surface area contributed by atoms with E-state index in [1.54, 1.807) is 22.0 Å². The number of piperidine rings is 1. The highest BCUT2D eigenvalue weighted by atomic mass is 32.2. The molecule has 1 aliphatic heterocycles. The van der Waals surface area contributed by atoms with Gasteiger partial charge < -0.3 is 5.32 Å². The number of hydrogen-bond acceptors (Lipinski definition) is 4. The van der Waals surface area contributed by atoms with Crippen molar-refractivity contribution in [2.24, 2.45) is 5.92 Å². The SMILES string of the molecule is Cc1cc(C(=O)Nc2c(C)nn(-c3ccccc3)c2C)cc(S(=O)(=O)N2CCC(C)CC2)c1C. The van der Waals surface area contributed by atoms with Gasteiger partial charge in [-0.25, -0.2) is 13.1 Å². The maximum Gasteiger partial charge on any atom is 0.255 e. The second kappa shape index (κ2) is 9.35. The third-order valence-corrected chi connectivity index (χ3v) is 8.80. The Hall–Kier alpha value is -2.97. The van der Waals surface area contributed by atoms with Crippen molar-refractivity contribution in [1.29, 1.82) is 0 Å². The highest BCUT2D eigenvalue weighted by Crippen LogP contribution is 2.29. The van der Waals surface area contributed by atoms with Gasteiger partial charge in [-0.1, -0.05) is 25.1 Å². The van der Waals surface area contributed by atoms with Crippen LogP contribution < -0.4 is 5.32 Å². The monoisotopic (exact) mass is 480 g/mol. The van der Waals surface area contributed by atoms with Crippen LogP contribution in [0.2, 0.25) is 0 Å². The lowest BCUT2D eigenvalue weighted by atomic mass is 10.0. The Morgan fingerprint density at radius 1 is 1.03 bits per heavy atom. The number of anilines is 1. The number of carbonyl (C=O) groups is 1. The largest absolute Gasteiger partial charge is 0.319 e. The highest BCUT2D eigenvalue weighted by Gasteiger charge is 2.30. The van der Waals surface area contributed by atoms with Crippen LogP contribution in [0.5, 0.6) is 0 Å². The molecule has 34 heavy (non-hydrogen) atoms. The van der Waals surface area contributed by atoms with E-state index in [2.05, 4.69) is 17.3 Å². The molecule has 1 N–H and O–H groups in total. The number of amides is 1. The van der Waals surface area contributed by atoms with Crippen LogP contribution in [0.4, 0.5) is 5.69 Å². The van der Waals surface area contributed by atoms with E-state index in [-0.39, 0.29) is 10.8 Å². The maximum atomic E-state index is 13.4. The topological polar surface area (TPSA) is 84.3 Å². The zero-order valence-electron chi connectivity index (χ0n) is 20.4. The molecule has 180 valence electrons. The van der Waals surface area contributed by atoms with E-state index >= 15 is 0 Å². The third kappa shape index (κ3) is 4.52. The molecule has 4 rings (SSSR count). The van der Waals surface area contributed by atoms with Gasteiger partial charge in [-0.15, -0.1) is 0 Å². The molecule has 8 heteroatoms. The summed E-state index contributed by atoms with van der Waals surface area (Å²) in [5, 5.41) is 7.55. The summed E-state index contributed by atoms with van der Waals surface area (Å²) in [4.78, 5) is 13.5. The van der Waals surface area contributed by atoms with Crippen molar-refractivity contribution < 1.29 is 13.2 Å². The van der Waals surface area contributed by atoms with Gasteiger partial charge in [0, 0.05) is 18.7 Å². The zero-order valence-corrected chi connectivity index (χ0v) is 21.2. The van der Waals surface area contributed by atoms with E-state index < -0.39 is 10.0 Å². The quantitative estimate of drug-likeness (QED) is 0.570. The number of hydrogen-bond donors (Lipinski definition) is 1. The molecule has 0 spiro atoms. The summed E-state index contributed by atoms with van der Waals surface area (Å²) in [5.41, 5.74) is 4.79. The number of nitrogens with zero attached hydrogens (tertiary/aromatic N) is 3. The Bertz CT molecular complexity index is 1320. The number of aryl methyl sites for hydroxylation is 2. The molecule has 1 amide bonds. The minimum Gasteiger partial charge on any atom is -0.319 e. The molecular weight excluding hydrogens is 448 g/mol. The van der Waals surface area contributed by atoms with Crippen molar-refractivity contribution >= 4 is 21.6 Å². The first-order chi connectivity index (χ1) is 16.1. The second-order valence-electron chi connectivity index (χ2n) is 9.25. The smallest absolute Gasteiger partial charge is 0.255 e. The van der Waals surface area contributed by atoms with Gasteiger partial charge in [0.15, 0.2) is 0 Å². The van der Waals surface area contributed by atoms with Crippen molar-refractivity contribution in [2.45, 2.75) is 52.4 Å². The van der Waals surface area contributed by atoms with Crippen LogP contribution in [0.3, 0.4) is 0 Å². The molecule has 1 saturated heterocycles. The molecule has 1 fully saturated rings. The fraction of sp³-hybridized carbons (Fsp3) is 0.385. The third-order valence-electron chi connectivity index (χ3n) is 6.77. The summed E-state index contributed by atoms with van der Waals surface area (Å²) in [6, 6.07) is 13.0. The minimum absolute atomic E-state index is 0.209. The van der Waals surface area contributed by atoms with E-state index in [4.69, 9.17) is 0 Å². The number of nitrogens with one attached hydrogen (secondary N) is 1. The van der Waals surface area contributed by atoms with Crippen LogP contribution in [0.15, 0.2) is 47.4 Å². The summed E-state index contributed by atoms with van der Waals surface area (Å²) in [6.45, 7) is 10.5. The van der Waals surface area contributed by atoms with Gasteiger partial charge in [0.05, 0.1) is 27.7 Å². The Morgan fingerprint density at radius 3 is 2.32 bits per heavy atom. The highest BCUT2D eigenvalue weighted by molar-refractivity contribution is 7.89. The van der Waals surface area contributed by atoms with Crippen LogP contribution in [-0.2, 0) is 10.0 Å². The van der Waals surface area contributed by atoms with Crippen LogP contribution in [-0.4, -0.2) is 41.5 Å². The molecular formula is C26H32N4O3S. The normalized spacial score (nSPS) is 15.4. The summed E-state index contributed by atoms with van der Waals surface area (Å²) in [6.07, 6.45) is 1.70. The molecule has 3 aromatic rings. The molecule has 0 unspecified atom stereocenters. The maximum absolute atomic E-state index is 13.4. The molecule has 0 saturated carbocycles. The fourth-order valence-corrected chi connectivity index (χ4v) is 6.21. The Balaban J connectivity index is 1.65. The van der Waals surface area contributed by atoms with Gasteiger partial charge in [0.25, 0.3) is 5.91 Å². The average Bonchev–Trinajstić information content (AvgIpc) is 3.09. The molecule has 2 aromatic carbocycles. The lowest BCUT2D eigenvalue weighted by Crippen LogP contribution is -2.38. The van der Waals surface area contributed by atoms with Crippen LogP contribution in [0.1, 0.15) is 52.6 Å². The first-order valence-electron chi connectivity index (χ1n) is 11.6. The van der Waals surface area contributed by atoms with E-state index in [1.807, 2.05) is 51.1 Å². The number of rotatable bonds is 5. The zero-order chi connectivity index (χ0) is 24.6. The van der Waals surface area contributed by atoms with Gasteiger partial charge >= 0.3 is 0 Å². The number of para-hydroxylation sites is 1. The van der Waals surface area contributed by atoms with E-state index in [0.717, 1.165) is 29.8 Å². The van der Waals surface area contributed by atoms with Gasteiger partial charge in [0.1, 0.15) is 0 Å². The van der Waals surface area contributed by atoms with Gasteiger partial charge in [-0.3, -0.25) is 4.79 Å². The van der Waals surface area contributed by atoms with E-state index in [9.17, 15) is 13.2 Å². The molecule has 1 aromatic heterocycles. The number of benzene rings is 2. The Labute approximate surface area is 201 Å². The van der Waals surface area contributed by atoms with Crippen LogP contribution in [0, 0.1) is 33.6 Å². The van der Waals surface area contributed by atoms with Crippen molar-refractivity contribution in [3.63, 3.8) is 0 Å². The van der Waals surface area contributed by atoms with Crippen molar-refractivity contribution in [3.05, 3.63) is 70.5 Å². The number of aromatic nitrogens is 2. The summed E-state index contributed by atoms with van der Waals surface area (Å²) in [5.74, 6) is 0.167. The van der Waals surface area contributed by atoms with Gasteiger partial charge in [-0.05, 0) is 81.8 Å². The molecule has 0 atom stereocenters. The molecule has 2 heterocycles. The number of carbonyl (C=O) groups excluding carboxylic acids is 1. The predicted octanol–water partition coefficient (Wildman–Crippen LogP) is 4.78. The lowest BCUT2D eigenvalue weighted by Gasteiger charge is -2.30. The standard InChI is InChI=1S/C26H32N4O3S/c1-17-11-13-29(14-12-17)34(32,33)24-16-22(15-18(2)19(24)3)26(31)27-25-20(4)28-30(21(25)5)23-9-7-6-8-10-23/h6-10,15-17H,11-14H2,1-5H3,(H,27,31). The van der Waals surface area contributed by atoms with Crippen LogP contribution in [0.25, 0.3) is 5.69 Å². The van der Waals surface area contributed by atoms with Crippen LogP contribution >= 0.6 is 0 Å². The summed E-state index contributed by atoms with van der Waals surface area (Å²) >= 11 is 0. The Morgan fingerprint density at radius 2 is 1.68 bits per heavy atom.